The van der Waals surface area contributed by atoms with Gasteiger partial charge in [0.25, 0.3) is 0 Å². The number of hydrogen-bond donors (Lipinski definition) is 0. The molecule has 0 radical (unpaired) electrons. The van der Waals surface area contributed by atoms with Crippen LogP contribution in [0.5, 0.6) is 11.5 Å². The topological polar surface area (TPSA) is 26.3 Å². The van der Waals surface area contributed by atoms with Gasteiger partial charge in [-0.25, -0.2) is 0 Å². The van der Waals surface area contributed by atoms with Crippen molar-refractivity contribution < 1.29 is 9.53 Å². The Morgan fingerprint density at radius 1 is 1.00 bits per heavy atom. The van der Waals surface area contributed by atoms with Crippen molar-refractivity contribution in [3.8, 4) is 11.5 Å². The van der Waals surface area contributed by atoms with Gasteiger partial charge >= 0.3 is 0 Å². The van der Waals surface area contributed by atoms with Crippen LogP contribution in [-0.4, -0.2) is 5.78 Å². The van der Waals surface area contributed by atoms with Gasteiger partial charge in [-0.1, -0.05) is 36.8 Å². The maximum atomic E-state index is 11.3. The SMILES string of the molecule is CC(=O)C(C)Cc1ccc(Oc2ccc(C)cc2)cc1. The fourth-order valence-electron chi connectivity index (χ4n) is 1.93. The van der Waals surface area contributed by atoms with Gasteiger partial charge in [-0.2, -0.15) is 0 Å². The molecule has 0 bridgehead atoms. The van der Waals surface area contributed by atoms with Crippen LogP contribution >= 0.6 is 0 Å². The molecule has 2 aromatic rings. The number of hydrogen-bond acceptors (Lipinski definition) is 2. The molecule has 2 rings (SSSR count). The number of rotatable bonds is 5. The van der Waals surface area contributed by atoms with Crippen LogP contribution in [0.2, 0.25) is 0 Å². The van der Waals surface area contributed by atoms with Gasteiger partial charge in [0.05, 0.1) is 0 Å². The highest BCUT2D eigenvalue weighted by atomic mass is 16.5. The smallest absolute Gasteiger partial charge is 0.132 e. The van der Waals surface area contributed by atoms with Gasteiger partial charge in [0.1, 0.15) is 17.3 Å². The minimum absolute atomic E-state index is 0.0684. The highest BCUT2D eigenvalue weighted by Crippen LogP contribution is 2.22. The van der Waals surface area contributed by atoms with Crippen LogP contribution in [0.3, 0.4) is 0 Å². The lowest BCUT2D eigenvalue weighted by Gasteiger charge is -2.09. The molecular weight excluding hydrogens is 248 g/mol. The minimum Gasteiger partial charge on any atom is -0.457 e. The average molecular weight is 268 g/mol. The molecule has 0 N–H and O–H groups in total. The maximum Gasteiger partial charge on any atom is 0.132 e. The standard InChI is InChI=1S/C18H20O2/c1-13-4-8-17(9-5-13)20-18-10-6-16(7-11-18)12-14(2)15(3)19/h4-11,14H,12H2,1-3H3. The summed E-state index contributed by atoms with van der Waals surface area (Å²) in [6, 6.07) is 15.9. The van der Waals surface area contributed by atoms with E-state index in [1.54, 1.807) is 6.92 Å². The lowest BCUT2D eigenvalue weighted by molar-refractivity contribution is -0.120. The van der Waals surface area contributed by atoms with Crippen LogP contribution in [0.25, 0.3) is 0 Å². The molecule has 1 unspecified atom stereocenters. The summed E-state index contributed by atoms with van der Waals surface area (Å²) in [5.74, 6) is 1.94. The summed E-state index contributed by atoms with van der Waals surface area (Å²) in [5, 5.41) is 0. The maximum absolute atomic E-state index is 11.3. The fraction of sp³-hybridized carbons (Fsp3) is 0.278. The van der Waals surface area contributed by atoms with E-state index in [4.69, 9.17) is 4.74 Å². The zero-order valence-corrected chi connectivity index (χ0v) is 12.2. The van der Waals surface area contributed by atoms with Crippen molar-refractivity contribution in [2.75, 3.05) is 0 Å². The van der Waals surface area contributed by atoms with Crippen LogP contribution in [0.15, 0.2) is 48.5 Å². The normalized spacial score (nSPS) is 11.9. The van der Waals surface area contributed by atoms with E-state index < -0.39 is 0 Å². The van der Waals surface area contributed by atoms with Gasteiger partial charge < -0.3 is 4.74 Å². The third-order valence-corrected chi connectivity index (χ3v) is 3.42. The molecule has 0 fully saturated rings. The fourth-order valence-corrected chi connectivity index (χ4v) is 1.93. The number of Topliss-reactive ketones (excluding diaryl/α,β-unsaturated/α-hetero) is 1. The number of carbonyl (C=O) groups excluding carboxylic acids is 1. The molecule has 0 aliphatic heterocycles. The summed E-state index contributed by atoms with van der Waals surface area (Å²) in [7, 11) is 0. The molecule has 1 atom stereocenters. The molecule has 0 saturated heterocycles. The summed E-state index contributed by atoms with van der Waals surface area (Å²) in [5.41, 5.74) is 2.37. The Morgan fingerprint density at radius 3 is 2.00 bits per heavy atom. The van der Waals surface area contributed by atoms with Crippen LogP contribution in [0.4, 0.5) is 0 Å². The van der Waals surface area contributed by atoms with Crippen LogP contribution in [0, 0.1) is 12.8 Å². The van der Waals surface area contributed by atoms with Gasteiger partial charge in [0, 0.05) is 5.92 Å². The predicted molar refractivity (Wildman–Crippen MR) is 81.2 cm³/mol. The predicted octanol–water partition coefficient (Wildman–Crippen LogP) is 4.55. The lowest BCUT2D eigenvalue weighted by atomic mass is 9.98. The van der Waals surface area contributed by atoms with Crippen LogP contribution in [-0.2, 0) is 11.2 Å². The van der Waals surface area contributed by atoms with Crippen molar-refractivity contribution in [1.29, 1.82) is 0 Å². The molecule has 20 heavy (non-hydrogen) atoms. The van der Waals surface area contributed by atoms with E-state index in [0.29, 0.717) is 0 Å². The number of carbonyl (C=O) groups is 1. The third kappa shape index (κ3) is 3.95. The first-order valence-corrected chi connectivity index (χ1v) is 6.88. The molecule has 0 aromatic heterocycles. The van der Waals surface area contributed by atoms with Crippen molar-refractivity contribution >= 4 is 5.78 Å². The first kappa shape index (κ1) is 14.3. The zero-order valence-electron chi connectivity index (χ0n) is 12.2. The van der Waals surface area contributed by atoms with E-state index in [-0.39, 0.29) is 11.7 Å². The second-order valence-electron chi connectivity index (χ2n) is 5.27. The summed E-state index contributed by atoms with van der Waals surface area (Å²) >= 11 is 0. The van der Waals surface area contributed by atoms with Crippen molar-refractivity contribution in [3.05, 3.63) is 59.7 Å². The van der Waals surface area contributed by atoms with Gasteiger partial charge in [-0.05, 0) is 50.1 Å². The Labute approximate surface area is 120 Å². The number of ketones is 1. The second-order valence-corrected chi connectivity index (χ2v) is 5.27. The highest BCUT2D eigenvalue weighted by molar-refractivity contribution is 5.78. The number of aryl methyl sites for hydroxylation is 1. The Bertz CT molecular complexity index is 567. The van der Waals surface area contributed by atoms with Crippen molar-refractivity contribution in [2.45, 2.75) is 27.2 Å². The largest absolute Gasteiger partial charge is 0.457 e. The van der Waals surface area contributed by atoms with E-state index in [1.165, 1.54) is 5.56 Å². The van der Waals surface area contributed by atoms with Gasteiger partial charge in [-0.3, -0.25) is 4.79 Å². The Balaban J connectivity index is 2.01. The summed E-state index contributed by atoms with van der Waals surface area (Å²) in [6.45, 7) is 5.65. The quantitative estimate of drug-likeness (QED) is 0.795. The molecular formula is C18H20O2. The van der Waals surface area contributed by atoms with E-state index in [1.807, 2.05) is 55.5 Å². The van der Waals surface area contributed by atoms with Crippen LogP contribution in [0.1, 0.15) is 25.0 Å². The molecule has 0 heterocycles. The van der Waals surface area contributed by atoms with E-state index in [2.05, 4.69) is 6.92 Å². The molecule has 0 spiro atoms. The van der Waals surface area contributed by atoms with Gasteiger partial charge in [0.2, 0.25) is 0 Å². The average Bonchev–Trinajstić information content (AvgIpc) is 2.43. The Kier molecular flexibility index (Phi) is 4.57. The van der Waals surface area contributed by atoms with Gasteiger partial charge in [-0.15, -0.1) is 0 Å². The van der Waals surface area contributed by atoms with Crippen LogP contribution < -0.4 is 4.74 Å². The van der Waals surface area contributed by atoms with Crippen molar-refractivity contribution in [1.82, 2.24) is 0 Å². The molecule has 0 amide bonds. The lowest BCUT2D eigenvalue weighted by Crippen LogP contribution is -2.09. The zero-order chi connectivity index (χ0) is 14.5. The summed E-state index contributed by atoms with van der Waals surface area (Å²) in [6.07, 6.45) is 0.778. The van der Waals surface area contributed by atoms with E-state index >= 15 is 0 Å². The van der Waals surface area contributed by atoms with Gasteiger partial charge in [0.15, 0.2) is 0 Å². The summed E-state index contributed by atoms with van der Waals surface area (Å²) < 4.78 is 5.77. The second kappa shape index (κ2) is 6.38. The third-order valence-electron chi connectivity index (χ3n) is 3.42. The molecule has 0 saturated carbocycles. The molecule has 2 heteroatoms. The first-order valence-electron chi connectivity index (χ1n) is 6.88. The minimum atomic E-state index is 0.0684. The van der Waals surface area contributed by atoms with Crippen molar-refractivity contribution in [2.24, 2.45) is 5.92 Å². The number of benzene rings is 2. The van der Waals surface area contributed by atoms with E-state index in [9.17, 15) is 4.79 Å². The van der Waals surface area contributed by atoms with Crippen molar-refractivity contribution in [3.63, 3.8) is 0 Å². The number of ether oxygens (including phenoxy) is 1. The Morgan fingerprint density at radius 2 is 1.50 bits per heavy atom. The summed E-state index contributed by atoms with van der Waals surface area (Å²) in [4.78, 5) is 11.3. The van der Waals surface area contributed by atoms with E-state index in [0.717, 1.165) is 23.5 Å². The molecule has 2 aromatic carbocycles. The molecule has 0 aliphatic carbocycles. The monoisotopic (exact) mass is 268 g/mol. The highest BCUT2D eigenvalue weighted by Gasteiger charge is 2.08. The molecule has 0 aliphatic rings. The molecule has 2 nitrogen and oxygen atoms in total. The first-order chi connectivity index (χ1) is 9.54. The Hall–Kier alpha value is -2.09. The molecule has 104 valence electrons.